The highest BCUT2D eigenvalue weighted by Gasteiger charge is 2.43. The predicted octanol–water partition coefficient (Wildman–Crippen LogP) is 0.579. The topological polar surface area (TPSA) is 58.0 Å². The molecule has 0 saturated carbocycles. The van der Waals surface area contributed by atoms with Crippen LogP contribution in [-0.4, -0.2) is 27.2 Å². The molecule has 2 fully saturated rings. The maximum absolute atomic E-state index is 10.6. The normalized spacial score (nSPS) is 39.3. The Hall–Kier alpha value is -1.00. The van der Waals surface area contributed by atoms with Gasteiger partial charge in [-0.3, -0.25) is 0 Å². The number of nitrogens with zero attached hydrogens (tertiary/aromatic N) is 2. The molecule has 2 aliphatic rings. The Morgan fingerprint density at radius 3 is 2.40 bits per heavy atom. The number of hydrogen-bond acceptors (Lipinski definition) is 4. The molecule has 3 atom stereocenters. The van der Waals surface area contributed by atoms with Crippen LogP contribution in [0.1, 0.15) is 31.2 Å². The van der Waals surface area contributed by atoms with Crippen molar-refractivity contribution in [2.24, 2.45) is 0 Å². The zero-order valence-corrected chi connectivity index (χ0v) is 8.56. The molecule has 2 aliphatic heterocycles. The predicted molar refractivity (Wildman–Crippen MR) is 55.1 cm³/mol. The average Bonchev–Trinajstić information content (AvgIpc) is 2.60. The number of piperidine rings is 1. The molecule has 0 radical (unpaired) electrons. The van der Waals surface area contributed by atoms with Crippen molar-refractivity contribution in [1.29, 1.82) is 0 Å². The lowest BCUT2D eigenvalue weighted by molar-refractivity contribution is -0.0120. The smallest absolute Gasteiger partial charge is 0.115 e. The van der Waals surface area contributed by atoms with Crippen LogP contribution in [0.2, 0.25) is 0 Å². The van der Waals surface area contributed by atoms with Gasteiger partial charge in [-0.25, -0.2) is 9.97 Å². The van der Waals surface area contributed by atoms with E-state index in [0.717, 1.165) is 18.4 Å². The van der Waals surface area contributed by atoms with Gasteiger partial charge in [0.25, 0.3) is 0 Å². The van der Waals surface area contributed by atoms with Gasteiger partial charge in [0.05, 0.1) is 5.60 Å². The third-order valence-corrected chi connectivity index (χ3v) is 3.60. The summed E-state index contributed by atoms with van der Waals surface area (Å²) in [5, 5.41) is 14.1. The fraction of sp³-hybridized carbons (Fsp3) is 0.636. The third kappa shape index (κ3) is 1.54. The first-order valence-electron chi connectivity index (χ1n) is 5.50. The molecule has 2 saturated heterocycles. The van der Waals surface area contributed by atoms with Crippen LogP contribution in [0.25, 0.3) is 0 Å². The highest BCUT2D eigenvalue weighted by atomic mass is 16.3. The van der Waals surface area contributed by atoms with Gasteiger partial charge in [-0.15, -0.1) is 0 Å². The zero-order chi connectivity index (χ0) is 10.3. The highest BCUT2D eigenvalue weighted by molar-refractivity contribution is 5.18. The van der Waals surface area contributed by atoms with Crippen LogP contribution in [0.3, 0.4) is 0 Å². The van der Waals surface area contributed by atoms with Gasteiger partial charge in [0, 0.05) is 30.0 Å². The van der Waals surface area contributed by atoms with Crippen molar-refractivity contribution in [3.63, 3.8) is 0 Å². The van der Waals surface area contributed by atoms with E-state index < -0.39 is 5.60 Å². The molecule has 0 aliphatic carbocycles. The first kappa shape index (κ1) is 9.24. The molecule has 2 bridgehead atoms. The summed E-state index contributed by atoms with van der Waals surface area (Å²) in [6, 6.07) is 0.933. The van der Waals surface area contributed by atoms with E-state index in [1.54, 1.807) is 12.4 Å². The molecule has 4 nitrogen and oxygen atoms in total. The molecule has 1 unspecified atom stereocenters. The Bertz CT molecular complexity index is 342. The molecule has 80 valence electrons. The number of aromatic nitrogens is 2. The molecule has 1 aromatic heterocycles. The van der Waals surface area contributed by atoms with Gasteiger partial charge in [-0.05, 0) is 25.7 Å². The first-order chi connectivity index (χ1) is 7.26. The number of fused-ring (bicyclic) bond motifs is 2. The van der Waals surface area contributed by atoms with Crippen molar-refractivity contribution in [3.05, 3.63) is 24.3 Å². The Morgan fingerprint density at radius 1 is 1.20 bits per heavy atom. The fourth-order valence-corrected chi connectivity index (χ4v) is 2.90. The third-order valence-electron chi connectivity index (χ3n) is 3.60. The molecule has 3 rings (SSSR count). The van der Waals surface area contributed by atoms with E-state index in [0.29, 0.717) is 12.1 Å². The van der Waals surface area contributed by atoms with Crippen molar-refractivity contribution in [1.82, 2.24) is 15.3 Å². The second-order valence-corrected chi connectivity index (χ2v) is 4.70. The maximum atomic E-state index is 10.6. The Balaban J connectivity index is 1.91. The summed E-state index contributed by atoms with van der Waals surface area (Å²) in [5.74, 6) is 0. The van der Waals surface area contributed by atoms with Crippen LogP contribution in [0.15, 0.2) is 18.7 Å². The van der Waals surface area contributed by atoms with Crippen LogP contribution in [0.5, 0.6) is 0 Å². The van der Waals surface area contributed by atoms with Crippen LogP contribution in [0.4, 0.5) is 0 Å². The summed E-state index contributed by atoms with van der Waals surface area (Å²) in [5.41, 5.74) is 0.154. The fourth-order valence-electron chi connectivity index (χ4n) is 2.90. The summed E-state index contributed by atoms with van der Waals surface area (Å²) < 4.78 is 0. The molecule has 15 heavy (non-hydrogen) atoms. The van der Waals surface area contributed by atoms with E-state index >= 15 is 0 Å². The van der Waals surface area contributed by atoms with Gasteiger partial charge in [0.1, 0.15) is 6.33 Å². The van der Waals surface area contributed by atoms with Crippen LogP contribution in [-0.2, 0) is 5.60 Å². The van der Waals surface area contributed by atoms with Crippen molar-refractivity contribution in [2.45, 2.75) is 43.4 Å². The number of rotatable bonds is 1. The van der Waals surface area contributed by atoms with Crippen LogP contribution in [0, 0.1) is 0 Å². The Labute approximate surface area is 88.8 Å². The van der Waals surface area contributed by atoms with E-state index in [2.05, 4.69) is 15.3 Å². The Kier molecular flexibility index (Phi) is 2.00. The molecule has 2 N–H and O–H groups in total. The van der Waals surface area contributed by atoms with E-state index in [4.69, 9.17) is 0 Å². The lowest BCUT2D eigenvalue weighted by Gasteiger charge is -2.36. The van der Waals surface area contributed by atoms with Gasteiger partial charge in [-0.1, -0.05) is 0 Å². The van der Waals surface area contributed by atoms with Gasteiger partial charge in [0.2, 0.25) is 0 Å². The van der Waals surface area contributed by atoms with Gasteiger partial charge < -0.3 is 10.4 Å². The molecule has 3 heterocycles. The zero-order valence-electron chi connectivity index (χ0n) is 8.56. The maximum Gasteiger partial charge on any atom is 0.115 e. The molecular weight excluding hydrogens is 190 g/mol. The molecular formula is C11H15N3O. The minimum atomic E-state index is -0.710. The average molecular weight is 205 g/mol. The van der Waals surface area contributed by atoms with E-state index in [1.807, 2.05) is 0 Å². The number of hydrogen-bond donors (Lipinski definition) is 2. The van der Waals surface area contributed by atoms with E-state index in [1.165, 1.54) is 19.2 Å². The van der Waals surface area contributed by atoms with Gasteiger partial charge >= 0.3 is 0 Å². The molecule has 0 aromatic carbocycles. The minimum Gasteiger partial charge on any atom is -0.385 e. The molecule has 4 heteroatoms. The second-order valence-electron chi connectivity index (χ2n) is 4.70. The highest BCUT2D eigenvalue weighted by Crippen LogP contribution is 2.39. The Morgan fingerprint density at radius 2 is 1.80 bits per heavy atom. The first-order valence-corrected chi connectivity index (χ1v) is 5.50. The van der Waals surface area contributed by atoms with Crippen molar-refractivity contribution < 1.29 is 5.11 Å². The quantitative estimate of drug-likeness (QED) is 0.704. The SMILES string of the molecule is OC1(c2cncnc2)C[C@H]2CC[C@@H](C1)N2. The van der Waals surface area contributed by atoms with E-state index in [9.17, 15) is 5.11 Å². The minimum absolute atomic E-state index is 0.467. The largest absolute Gasteiger partial charge is 0.385 e. The van der Waals surface area contributed by atoms with Gasteiger partial charge in [-0.2, -0.15) is 0 Å². The summed E-state index contributed by atoms with van der Waals surface area (Å²) in [6.45, 7) is 0. The second kappa shape index (κ2) is 3.25. The molecule has 0 amide bonds. The number of aliphatic hydroxyl groups is 1. The summed E-state index contributed by atoms with van der Waals surface area (Å²) >= 11 is 0. The van der Waals surface area contributed by atoms with E-state index in [-0.39, 0.29) is 0 Å². The lowest BCUT2D eigenvalue weighted by atomic mass is 9.83. The lowest BCUT2D eigenvalue weighted by Crippen LogP contribution is -2.46. The standard InChI is InChI=1S/C11H15N3O/c15-11(8-5-12-7-13-6-8)3-9-1-2-10(4-11)14-9/h5-7,9-10,14-15H,1-4H2/t9-,10+,11?. The van der Waals surface area contributed by atoms with Crippen molar-refractivity contribution in [2.75, 3.05) is 0 Å². The summed E-state index contributed by atoms with van der Waals surface area (Å²) in [6.07, 6.45) is 8.91. The summed E-state index contributed by atoms with van der Waals surface area (Å²) in [7, 11) is 0. The molecule has 0 spiro atoms. The van der Waals surface area contributed by atoms with Crippen LogP contribution < -0.4 is 5.32 Å². The summed E-state index contributed by atoms with van der Waals surface area (Å²) in [4.78, 5) is 7.97. The monoisotopic (exact) mass is 205 g/mol. The van der Waals surface area contributed by atoms with Crippen LogP contribution >= 0.6 is 0 Å². The van der Waals surface area contributed by atoms with Gasteiger partial charge in [0.15, 0.2) is 0 Å². The molecule has 1 aromatic rings. The number of nitrogens with one attached hydrogen (secondary N) is 1. The van der Waals surface area contributed by atoms with Crippen molar-refractivity contribution >= 4 is 0 Å². The van der Waals surface area contributed by atoms with Crippen molar-refractivity contribution in [3.8, 4) is 0 Å².